The SMILES string of the molecule is NC(Cc1cccc(Br)c1)Cc1ccc(F)cc1Br. The number of hydrogen-bond acceptors (Lipinski definition) is 1. The van der Waals surface area contributed by atoms with Crippen LogP contribution in [0.4, 0.5) is 4.39 Å². The van der Waals surface area contributed by atoms with Crippen LogP contribution in [0.2, 0.25) is 0 Å². The highest BCUT2D eigenvalue weighted by Crippen LogP contribution is 2.20. The molecule has 1 unspecified atom stereocenters. The Morgan fingerprint density at radius 1 is 1.05 bits per heavy atom. The Labute approximate surface area is 129 Å². The Balaban J connectivity index is 2.03. The van der Waals surface area contributed by atoms with E-state index in [0.29, 0.717) is 6.42 Å². The average Bonchev–Trinajstić information content (AvgIpc) is 2.33. The summed E-state index contributed by atoms with van der Waals surface area (Å²) in [5.74, 6) is -0.240. The molecular formula is C15H14Br2FN. The molecule has 100 valence electrons. The minimum Gasteiger partial charge on any atom is -0.327 e. The molecule has 0 aliphatic heterocycles. The van der Waals surface area contributed by atoms with Crippen molar-refractivity contribution in [3.05, 3.63) is 68.4 Å². The lowest BCUT2D eigenvalue weighted by Gasteiger charge is -2.13. The lowest BCUT2D eigenvalue weighted by atomic mass is 10.00. The van der Waals surface area contributed by atoms with Crippen molar-refractivity contribution < 1.29 is 4.39 Å². The van der Waals surface area contributed by atoms with E-state index in [2.05, 4.69) is 44.0 Å². The molecule has 0 aliphatic rings. The van der Waals surface area contributed by atoms with Gasteiger partial charge in [-0.3, -0.25) is 0 Å². The smallest absolute Gasteiger partial charge is 0.124 e. The Bertz CT molecular complexity index is 572. The summed E-state index contributed by atoms with van der Waals surface area (Å²) < 4.78 is 14.8. The molecule has 0 saturated carbocycles. The molecule has 1 atom stereocenters. The number of benzene rings is 2. The molecule has 0 spiro atoms. The number of rotatable bonds is 4. The van der Waals surface area contributed by atoms with Gasteiger partial charge in [0.2, 0.25) is 0 Å². The van der Waals surface area contributed by atoms with Gasteiger partial charge in [-0.25, -0.2) is 4.39 Å². The van der Waals surface area contributed by atoms with Gasteiger partial charge in [0.05, 0.1) is 0 Å². The Morgan fingerprint density at radius 2 is 1.84 bits per heavy atom. The highest BCUT2D eigenvalue weighted by atomic mass is 79.9. The predicted octanol–water partition coefficient (Wildman–Crippen LogP) is 4.46. The van der Waals surface area contributed by atoms with E-state index in [4.69, 9.17) is 5.73 Å². The molecule has 4 heteroatoms. The molecule has 0 saturated heterocycles. The molecule has 2 aromatic rings. The first kappa shape index (κ1) is 14.7. The molecule has 2 N–H and O–H groups in total. The Hall–Kier alpha value is -0.710. The van der Waals surface area contributed by atoms with Crippen molar-refractivity contribution in [2.45, 2.75) is 18.9 Å². The second-order valence-electron chi connectivity index (χ2n) is 4.53. The van der Waals surface area contributed by atoms with Crippen LogP contribution in [0.3, 0.4) is 0 Å². The normalized spacial score (nSPS) is 12.4. The monoisotopic (exact) mass is 385 g/mol. The van der Waals surface area contributed by atoms with E-state index in [-0.39, 0.29) is 11.9 Å². The van der Waals surface area contributed by atoms with Crippen LogP contribution < -0.4 is 5.73 Å². The fourth-order valence-electron chi connectivity index (χ4n) is 2.01. The lowest BCUT2D eigenvalue weighted by molar-refractivity contribution is 0.622. The van der Waals surface area contributed by atoms with Gasteiger partial charge < -0.3 is 5.73 Å². The summed E-state index contributed by atoms with van der Waals surface area (Å²) in [6.45, 7) is 0. The van der Waals surface area contributed by atoms with Crippen LogP contribution in [0, 0.1) is 5.82 Å². The van der Waals surface area contributed by atoms with Crippen LogP contribution in [0.1, 0.15) is 11.1 Å². The van der Waals surface area contributed by atoms with Gasteiger partial charge >= 0.3 is 0 Å². The third-order valence-electron chi connectivity index (χ3n) is 2.88. The van der Waals surface area contributed by atoms with Gasteiger partial charge in [-0.2, -0.15) is 0 Å². The Kier molecular flexibility index (Phi) is 5.13. The number of hydrogen-bond donors (Lipinski definition) is 1. The van der Waals surface area contributed by atoms with Crippen molar-refractivity contribution >= 4 is 31.9 Å². The van der Waals surface area contributed by atoms with Crippen LogP contribution in [-0.2, 0) is 12.8 Å². The summed E-state index contributed by atoms with van der Waals surface area (Å²) in [5, 5.41) is 0. The quantitative estimate of drug-likeness (QED) is 0.824. The third-order valence-corrected chi connectivity index (χ3v) is 4.12. The predicted molar refractivity (Wildman–Crippen MR) is 83.6 cm³/mol. The maximum absolute atomic E-state index is 13.0. The van der Waals surface area contributed by atoms with Crippen molar-refractivity contribution in [1.29, 1.82) is 0 Å². The van der Waals surface area contributed by atoms with Crippen molar-refractivity contribution in [1.82, 2.24) is 0 Å². The molecule has 0 heterocycles. The zero-order valence-corrected chi connectivity index (χ0v) is 13.4. The molecule has 1 nitrogen and oxygen atoms in total. The third kappa shape index (κ3) is 4.41. The van der Waals surface area contributed by atoms with E-state index in [1.54, 1.807) is 6.07 Å². The van der Waals surface area contributed by atoms with Crippen LogP contribution >= 0.6 is 31.9 Å². The minimum absolute atomic E-state index is 0.0102. The van der Waals surface area contributed by atoms with Crippen LogP contribution in [-0.4, -0.2) is 6.04 Å². The molecular weight excluding hydrogens is 373 g/mol. The number of halogens is 3. The van der Waals surface area contributed by atoms with Crippen LogP contribution in [0.25, 0.3) is 0 Å². The van der Waals surface area contributed by atoms with E-state index in [9.17, 15) is 4.39 Å². The summed E-state index contributed by atoms with van der Waals surface area (Å²) in [6.07, 6.45) is 1.51. The number of nitrogens with two attached hydrogens (primary N) is 1. The molecule has 0 amide bonds. The summed E-state index contributed by atoms with van der Waals surface area (Å²) in [4.78, 5) is 0. The molecule has 0 radical (unpaired) electrons. The summed E-state index contributed by atoms with van der Waals surface area (Å²) in [7, 11) is 0. The molecule has 0 aliphatic carbocycles. The standard InChI is InChI=1S/C15H14Br2FN/c16-12-3-1-2-10(6-12)7-14(19)8-11-4-5-13(18)9-15(11)17/h1-6,9,14H,7-8,19H2. The van der Waals surface area contributed by atoms with Crippen LogP contribution in [0.15, 0.2) is 51.4 Å². The molecule has 0 aromatic heterocycles. The molecule has 2 rings (SSSR count). The van der Waals surface area contributed by atoms with Gasteiger partial charge in [0, 0.05) is 15.0 Å². The van der Waals surface area contributed by atoms with Crippen molar-refractivity contribution in [3.8, 4) is 0 Å². The van der Waals surface area contributed by atoms with Gasteiger partial charge in [-0.1, -0.05) is 50.1 Å². The zero-order valence-electron chi connectivity index (χ0n) is 10.2. The van der Waals surface area contributed by atoms with Crippen molar-refractivity contribution in [3.63, 3.8) is 0 Å². The Morgan fingerprint density at radius 3 is 2.53 bits per heavy atom. The van der Waals surface area contributed by atoms with E-state index < -0.39 is 0 Å². The van der Waals surface area contributed by atoms with Gasteiger partial charge in [-0.05, 0) is 48.2 Å². The molecule has 19 heavy (non-hydrogen) atoms. The first-order valence-electron chi connectivity index (χ1n) is 5.98. The van der Waals surface area contributed by atoms with E-state index in [1.165, 1.54) is 17.7 Å². The fraction of sp³-hybridized carbons (Fsp3) is 0.200. The van der Waals surface area contributed by atoms with E-state index in [1.807, 2.05) is 12.1 Å². The fourth-order valence-corrected chi connectivity index (χ4v) is 2.97. The topological polar surface area (TPSA) is 26.0 Å². The van der Waals surface area contributed by atoms with Gasteiger partial charge in [0.1, 0.15) is 5.82 Å². The highest BCUT2D eigenvalue weighted by Gasteiger charge is 2.09. The molecule has 2 aromatic carbocycles. The average molecular weight is 387 g/mol. The van der Waals surface area contributed by atoms with E-state index in [0.717, 1.165) is 20.9 Å². The summed E-state index contributed by atoms with van der Waals surface area (Å²) >= 11 is 6.82. The summed E-state index contributed by atoms with van der Waals surface area (Å²) in [5.41, 5.74) is 8.39. The minimum atomic E-state index is -0.240. The lowest BCUT2D eigenvalue weighted by Crippen LogP contribution is -2.25. The second-order valence-corrected chi connectivity index (χ2v) is 6.30. The zero-order chi connectivity index (χ0) is 13.8. The van der Waals surface area contributed by atoms with Gasteiger partial charge in [0.15, 0.2) is 0 Å². The molecule has 0 fully saturated rings. The van der Waals surface area contributed by atoms with Crippen molar-refractivity contribution in [2.24, 2.45) is 5.73 Å². The second kappa shape index (κ2) is 6.64. The van der Waals surface area contributed by atoms with Crippen LogP contribution in [0.5, 0.6) is 0 Å². The van der Waals surface area contributed by atoms with Gasteiger partial charge in [0.25, 0.3) is 0 Å². The largest absolute Gasteiger partial charge is 0.327 e. The van der Waals surface area contributed by atoms with Gasteiger partial charge in [-0.15, -0.1) is 0 Å². The maximum Gasteiger partial charge on any atom is 0.124 e. The van der Waals surface area contributed by atoms with E-state index >= 15 is 0 Å². The van der Waals surface area contributed by atoms with Crippen molar-refractivity contribution in [2.75, 3.05) is 0 Å². The summed E-state index contributed by atoms with van der Waals surface area (Å²) in [6, 6.07) is 12.8. The highest BCUT2D eigenvalue weighted by molar-refractivity contribution is 9.10. The molecule has 0 bridgehead atoms. The first-order valence-corrected chi connectivity index (χ1v) is 7.57. The maximum atomic E-state index is 13.0. The first-order chi connectivity index (χ1) is 9.04.